The van der Waals surface area contributed by atoms with Gasteiger partial charge in [-0.1, -0.05) is 24.3 Å². The molecule has 1 fully saturated rings. The fraction of sp³-hybridized carbons (Fsp3) is 0.379. The van der Waals surface area contributed by atoms with Crippen molar-refractivity contribution in [2.24, 2.45) is 0 Å². The molecular weight excluding hydrogens is 495 g/mol. The van der Waals surface area contributed by atoms with E-state index in [0.717, 1.165) is 43.6 Å². The van der Waals surface area contributed by atoms with Crippen LogP contribution in [0.15, 0.2) is 60.8 Å². The van der Waals surface area contributed by atoms with Gasteiger partial charge in [0.15, 0.2) is 5.60 Å². The van der Waals surface area contributed by atoms with Crippen molar-refractivity contribution in [1.29, 1.82) is 0 Å². The first-order valence-corrected chi connectivity index (χ1v) is 12.7. The van der Waals surface area contributed by atoms with E-state index in [1.165, 1.54) is 59.5 Å². The molecule has 1 spiro atoms. The molecule has 2 aromatic carbocycles. The average Bonchev–Trinajstić information content (AvgIpc) is 3.26. The SMILES string of the molecule is CN(CCCN1CCC2(CC1)OCc1cc(F)ncc12)C(=O)C(O)(c1ccc(F)cc1)c1ccc(F)cc1. The number of benzene rings is 2. The molecule has 200 valence electrons. The Kier molecular flexibility index (Phi) is 7.26. The molecule has 1 amide bonds. The van der Waals surface area contributed by atoms with E-state index in [1.807, 2.05) is 0 Å². The van der Waals surface area contributed by atoms with Crippen LogP contribution in [0.4, 0.5) is 13.2 Å². The van der Waals surface area contributed by atoms with Crippen LogP contribution >= 0.6 is 0 Å². The molecule has 0 unspecified atom stereocenters. The number of carbonyl (C=O) groups is 1. The summed E-state index contributed by atoms with van der Waals surface area (Å²) in [6, 6.07) is 11.6. The Morgan fingerprint density at radius 2 is 1.63 bits per heavy atom. The molecule has 3 aromatic rings. The fourth-order valence-electron chi connectivity index (χ4n) is 5.55. The van der Waals surface area contributed by atoms with Gasteiger partial charge in [-0.15, -0.1) is 0 Å². The summed E-state index contributed by atoms with van der Waals surface area (Å²) in [7, 11) is 1.61. The maximum atomic E-state index is 13.6. The minimum absolute atomic E-state index is 0.204. The highest BCUT2D eigenvalue weighted by Crippen LogP contribution is 2.43. The van der Waals surface area contributed by atoms with Crippen molar-refractivity contribution in [3.63, 3.8) is 0 Å². The van der Waals surface area contributed by atoms with Gasteiger partial charge in [-0.2, -0.15) is 4.39 Å². The van der Waals surface area contributed by atoms with Gasteiger partial charge in [0.05, 0.1) is 12.2 Å². The minimum Gasteiger partial charge on any atom is -0.372 e. The standard InChI is InChI=1S/C29H30F3N3O3/c1-34(27(36)29(37,21-3-7-23(30)8-4-21)22-5-9-24(31)10-6-22)13-2-14-35-15-11-28(12-16-35)25-18-33-26(32)17-20(25)19-38-28/h3-10,17-18,37H,2,11-16,19H2,1H3. The van der Waals surface area contributed by atoms with Crippen LogP contribution < -0.4 is 0 Å². The average molecular weight is 526 g/mol. The highest BCUT2D eigenvalue weighted by Gasteiger charge is 2.44. The van der Waals surface area contributed by atoms with E-state index in [9.17, 15) is 23.1 Å². The van der Waals surface area contributed by atoms with Gasteiger partial charge < -0.3 is 19.6 Å². The number of hydrogen-bond acceptors (Lipinski definition) is 5. The molecule has 5 rings (SSSR count). The van der Waals surface area contributed by atoms with Gasteiger partial charge in [-0.3, -0.25) is 4.79 Å². The molecule has 0 atom stereocenters. The number of likely N-dealkylation sites (tertiary alicyclic amines) is 1. The van der Waals surface area contributed by atoms with Crippen molar-refractivity contribution in [2.45, 2.75) is 37.1 Å². The first-order chi connectivity index (χ1) is 18.2. The molecule has 0 bridgehead atoms. The molecule has 3 heterocycles. The van der Waals surface area contributed by atoms with Gasteiger partial charge in [0.2, 0.25) is 5.95 Å². The predicted molar refractivity (Wildman–Crippen MR) is 134 cm³/mol. The summed E-state index contributed by atoms with van der Waals surface area (Å²) < 4.78 is 46.7. The minimum atomic E-state index is -2.09. The molecule has 9 heteroatoms. The molecule has 6 nitrogen and oxygen atoms in total. The number of rotatable bonds is 7. The van der Waals surface area contributed by atoms with E-state index in [-0.39, 0.29) is 11.1 Å². The van der Waals surface area contributed by atoms with Crippen LogP contribution in [-0.2, 0) is 27.3 Å². The smallest absolute Gasteiger partial charge is 0.263 e. The normalized spacial score (nSPS) is 17.0. The number of likely N-dealkylation sites (N-methyl/N-ethyl adjacent to an activating group) is 1. The summed E-state index contributed by atoms with van der Waals surface area (Å²) in [5.74, 6) is -2.06. The number of halogens is 3. The summed E-state index contributed by atoms with van der Waals surface area (Å²) in [5.41, 5.74) is -0.260. The Bertz CT molecular complexity index is 1250. The lowest BCUT2D eigenvalue weighted by molar-refractivity contribution is -0.146. The highest BCUT2D eigenvalue weighted by atomic mass is 19.1. The molecule has 1 N–H and O–H groups in total. The van der Waals surface area contributed by atoms with Crippen molar-refractivity contribution in [1.82, 2.24) is 14.8 Å². The second-order valence-corrected chi connectivity index (χ2v) is 10.1. The van der Waals surface area contributed by atoms with E-state index in [4.69, 9.17) is 4.74 Å². The third-order valence-corrected chi connectivity index (χ3v) is 7.76. The van der Waals surface area contributed by atoms with Crippen LogP contribution in [0.5, 0.6) is 0 Å². The topological polar surface area (TPSA) is 65.9 Å². The predicted octanol–water partition coefficient (Wildman–Crippen LogP) is 4.10. The summed E-state index contributed by atoms with van der Waals surface area (Å²) >= 11 is 0. The number of hydrogen-bond donors (Lipinski definition) is 1. The van der Waals surface area contributed by atoms with Crippen molar-refractivity contribution < 1.29 is 27.8 Å². The van der Waals surface area contributed by atoms with Crippen LogP contribution in [-0.4, -0.2) is 59.0 Å². The Labute approximate surface area is 219 Å². The third-order valence-electron chi connectivity index (χ3n) is 7.76. The van der Waals surface area contributed by atoms with E-state index in [1.54, 1.807) is 13.2 Å². The summed E-state index contributed by atoms with van der Waals surface area (Å²) in [6.45, 7) is 3.11. The van der Waals surface area contributed by atoms with Gasteiger partial charge in [0, 0.05) is 38.4 Å². The third kappa shape index (κ3) is 4.93. The number of fused-ring (bicyclic) bond motifs is 2. The summed E-state index contributed by atoms with van der Waals surface area (Å²) in [5, 5.41) is 11.6. The molecule has 0 radical (unpaired) electrons. The monoisotopic (exact) mass is 525 g/mol. The van der Waals surface area contributed by atoms with E-state index >= 15 is 0 Å². The molecule has 0 aliphatic carbocycles. The van der Waals surface area contributed by atoms with E-state index in [2.05, 4.69) is 9.88 Å². The van der Waals surface area contributed by atoms with Gasteiger partial charge >= 0.3 is 0 Å². The maximum Gasteiger partial charge on any atom is 0.263 e. The summed E-state index contributed by atoms with van der Waals surface area (Å²) in [4.78, 5) is 21.1. The van der Waals surface area contributed by atoms with Crippen molar-refractivity contribution in [3.8, 4) is 0 Å². The van der Waals surface area contributed by atoms with Crippen LogP contribution in [0, 0.1) is 17.6 Å². The van der Waals surface area contributed by atoms with Crippen LogP contribution in [0.25, 0.3) is 0 Å². The lowest BCUT2D eigenvalue weighted by Gasteiger charge is -2.39. The lowest BCUT2D eigenvalue weighted by atomic mass is 9.84. The molecule has 0 saturated carbocycles. The zero-order valence-electron chi connectivity index (χ0n) is 21.2. The maximum absolute atomic E-state index is 13.6. The quantitative estimate of drug-likeness (QED) is 0.471. The van der Waals surface area contributed by atoms with Crippen molar-refractivity contribution in [3.05, 3.63) is 101 Å². The van der Waals surface area contributed by atoms with Crippen LogP contribution in [0.2, 0.25) is 0 Å². The number of amides is 1. The largest absolute Gasteiger partial charge is 0.372 e. The van der Waals surface area contributed by atoms with Crippen LogP contribution in [0.1, 0.15) is 41.5 Å². The first kappa shape index (κ1) is 26.3. The van der Waals surface area contributed by atoms with Gasteiger partial charge in [0.25, 0.3) is 5.91 Å². The second kappa shape index (κ2) is 10.5. The van der Waals surface area contributed by atoms with Gasteiger partial charge in [-0.05, 0) is 72.8 Å². The van der Waals surface area contributed by atoms with E-state index < -0.39 is 34.7 Å². The Morgan fingerprint density at radius 3 is 2.21 bits per heavy atom. The Balaban J connectivity index is 1.21. The molecule has 2 aliphatic heterocycles. The number of piperidine rings is 1. The van der Waals surface area contributed by atoms with Gasteiger partial charge in [0.1, 0.15) is 11.6 Å². The zero-order valence-corrected chi connectivity index (χ0v) is 21.2. The molecule has 2 aliphatic rings. The summed E-state index contributed by atoms with van der Waals surface area (Å²) in [6.07, 6.45) is 3.81. The molecular formula is C29H30F3N3O3. The second-order valence-electron chi connectivity index (χ2n) is 10.1. The number of ether oxygens (including phenoxy) is 1. The Morgan fingerprint density at radius 1 is 1.05 bits per heavy atom. The molecule has 1 saturated heterocycles. The van der Waals surface area contributed by atoms with Gasteiger partial charge in [-0.25, -0.2) is 13.8 Å². The Hall–Kier alpha value is -3.27. The number of aromatic nitrogens is 1. The molecule has 1 aromatic heterocycles. The first-order valence-electron chi connectivity index (χ1n) is 12.7. The van der Waals surface area contributed by atoms with Crippen molar-refractivity contribution >= 4 is 5.91 Å². The van der Waals surface area contributed by atoms with Crippen LogP contribution in [0.3, 0.4) is 0 Å². The fourth-order valence-corrected chi connectivity index (χ4v) is 5.55. The number of aliphatic hydroxyl groups is 1. The number of nitrogens with zero attached hydrogens (tertiary/aromatic N) is 3. The highest BCUT2D eigenvalue weighted by molar-refractivity contribution is 5.90. The number of pyridine rings is 1. The zero-order chi connectivity index (χ0) is 26.9. The van der Waals surface area contributed by atoms with E-state index in [0.29, 0.717) is 19.6 Å². The lowest BCUT2D eigenvalue weighted by Crippen LogP contribution is -2.47. The molecule has 38 heavy (non-hydrogen) atoms. The number of carbonyl (C=O) groups excluding carboxylic acids is 1. The van der Waals surface area contributed by atoms with Crippen molar-refractivity contribution in [2.75, 3.05) is 33.2 Å².